The highest BCUT2D eigenvalue weighted by Gasteiger charge is 2.32. The van der Waals surface area contributed by atoms with Crippen LogP contribution in [0.3, 0.4) is 0 Å². The minimum Gasteiger partial charge on any atom is -0.508 e. The number of halogens is 4. The maximum absolute atomic E-state index is 14.0. The molecule has 0 unspecified atom stereocenters. The lowest BCUT2D eigenvalue weighted by molar-refractivity contribution is -0.137. The number of hydrogen-bond donors (Lipinski definition) is 3. The Morgan fingerprint density at radius 1 is 1.07 bits per heavy atom. The fourth-order valence-corrected chi connectivity index (χ4v) is 2.62. The van der Waals surface area contributed by atoms with Gasteiger partial charge in [-0.2, -0.15) is 13.2 Å². The number of aromatic hydroxyl groups is 1. The number of phenolic OH excluding ortho intramolecular Hbond substituents is 1. The van der Waals surface area contributed by atoms with Crippen molar-refractivity contribution in [1.82, 2.24) is 10.3 Å². The maximum Gasteiger partial charge on any atom is 0.416 e. The average molecular weight is 406 g/mol. The van der Waals surface area contributed by atoms with E-state index in [4.69, 9.17) is 0 Å². The Morgan fingerprint density at radius 2 is 1.79 bits per heavy atom. The zero-order valence-corrected chi connectivity index (χ0v) is 14.7. The number of H-pyrrole nitrogens is 1. The third kappa shape index (κ3) is 4.45. The molecule has 0 saturated heterocycles. The molecular weight excluding hydrogens is 392 g/mol. The van der Waals surface area contributed by atoms with Crippen molar-refractivity contribution in [3.05, 3.63) is 88.5 Å². The molecular formula is C20H14F4N2O3. The van der Waals surface area contributed by atoms with Crippen molar-refractivity contribution >= 4 is 11.7 Å². The average Bonchev–Trinajstić information content (AvgIpc) is 3.16. The van der Waals surface area contributed by atoms with Gasteiger partial charge >= 0.3 is 6.18 Å². The molecule has 9 heteroatoms. The second kappa shape index (κ2) is 7.78. The lowest BCUT2D eigenvalue weighted by atomic mass is 10.0. The lowest BCUT2D eigenvalue weighted by Crippen LogP contribution is -2.23. The van der Waals surface area contributed by atoms with E-state index in [9.17, 15) is 32.3 Å². The van der Waals surface area contributed by atoms with Crippen LogP contribution in [-0.2, 0) is 12.7 Å². The van der Waals surface area contributed by atoms with Crippen molar-refractivity contribution in [2.24, 2.45) is 0 Å². The standard InChI is InChI=1S/C20H14F4N2O3/c21-15-8-13(20(22,23)24)5-6-14(15)18(28)12-7-16(25-10-12)19(29)26-9-11-3-1-2-4-17(11)27/h1-8,10,25,27H,9H2,(H,26,29). The summed E-state index contributed by atoms with van der Waals surface area (Å²) in [6.45, 7) is 0.0291. The van der Waals surface area contributed by atoms with E-state index < -0.39 is 34.8 Å². The first-order valence-electron chi connectivity index (χ1n) is 8.31. The molecule has 150 valence electrons. The topological polar surface area (TPSA) is 82.2 Å². The molecule has 0 saturated carbocycles. The number of aromatic amines is 1. The van der Waals surface area contributed by atoms with E-state index >= 15 is 0 Å². The summed E-state index contributed by atoms with van der Waals surface area (Å²) < 4.78 is 51.9. The van der Waals surface area contributed by atoms with Crippen LogP contribution < -0.4 is 5.32 Å². The Kier molecular flexibility index (Phi) is 5.40. The van der Waals surface area contributed by atoms with Crippen molar-refractivity contribution in [1.29, 1.82) is 0 Å². The third-order valence-corrected chi connectivity index (χ3v) is 4.16. The minimum absolute atomic E-state index is 0.00362. The van der Waals surface area contributed by atoms with Gasteiger partial charge in [0.05, 0.1) is 11.1 Å². The van der Waals surface area contributed by atoms with Gasteiger partial charge in [0.1, 0.15) is 17.3 Å². The summed E-state index contributed by atoms with van der Waals surface area (Å²) in [6, 6.07) is 9.18. The molecule has 0 atom stereocenters. The number of nitrogens with one attached hydrogen (secondary N) is 2. The highest BCUT2D eigenvalue weighted by atomic mass is 19.4. The van der Waals surface area contributed by atoms with Crippen LogP contribution in [0.1, 0.15) is 37.5 Å². The number of phenols is 1. The Balaban J connectivity index is 1.73. The first kappa shape index (κ1) is 20.1. The van der Waals surface area contributed by atoms with Crippen molar-refractivity contribution in [3.8, 4) is 5.75 Å². The van der Waals surface area contributed by atoms with Gasteiger partial charge in [0.25, 0.3) is 5.91 Å². The van der Waals surface area contributed by atoms with Crippen LogP contribution >= 0.6 is 0 Å². The molecule has 29 heavy (non-hydrogen) atoms. The Labute approximate surface area is 162 Å². The second-order valence-corrected chi connectivity index (χ2v) is 6.13. The van der Waals surface area contributed by atoms with Crippen LogP contribution in [0.5, 0.6) is 5.75 Å². The van der Waals surface area contributed by atoms with E-state index in [-0.39, 0.29) is 29.6 Å². The van der Waals surface area contributed by atoms with Crippen LogP contribution in [0.2, 0.25) is 0 Å². The Hall–Kier alpha value is -3.62. The van der Waals surface area contributed by atoms with Gasteiger partial charge in [-0.15, -0.1) is 0 Å². The van der Waals surface area contributed by atoms with Gasteiger partial charge in [0.2, 0.25) is 0 Å². The molecule has 0 fully saturated rings. The molecule has 0 aliphatic carbocycles. The normalized spacial score (nSPS) is 11.3. The van der Waals surface area contributed by atoms with Gasteiger partial charge in [-0.1, -0.05) is 18.2 Å². The molecule has 0 bridgehead atoms. The Morgan fingerprint density at radius 3 is 2.45 bits per heavy atom. The van der Waals surface area contributed by atoms with Crippen molar-refractivity contribution in [3.63, 3.8) is 0 Å². The smallest absolute Gasteiger partial charge is 0.416 e. The predicted molar refractivity (Wildman–Crippen MR) is 94.9 cm³/mol. The quantitative estimate of drug-likeness (QED) is 0.442. The fraction of sp³-hybridized carbons (Fsp3) is 0.100. The number of carbonyl (C=O) groups excluding carboxylic acids is 2. The molecule has 1 heterocycles. The minimum atomic E-state index is -4.73. The van der Waals surface area contributed by atoms with E-state index in [2.05, 4.69) is 10.3 Å². The first-order valence-corrected chi connectivity index (χ1v) is 8.31. The molecule has 0 spiro atoms. The fourth-order valence-electron chi connectivity index (χ4n) is 2.62. The molecule has 3 N–H and O–H groups in total. The van der Waals surface area contributed by atoms with Crippen LogP contribution in [0.25, 0.3) is 0 Å². The number of rotatable bonds is 5. The van der Waals surface area contributed by atoms with Crippen molar-refractivity contribution in [2.75, 3.05) is 0 Å². The molecule has 3 aromatic rings. The summed E-state index contributed by atoms with van der Waals surface area (Å²) in [5, 5.41) is 12.2. The number of benzene rings is 2. The van der Waals surface area contributed by atoms with Crippen LogP contribution in [0.4, 0.5) is 17.6 Å². The van der Waals surface area contributed by atoms with Crippen molar-refractivity contribution in [2.45, 2.75) is 12.7 Å². The number of ketones is 1. The van der Waals surface area contributed by atoms with Gasteiger partial charge in [-0.05, 0) is 30.3 Å². The molecule has 0 aliphatic rings. The van der Waals surface area contributed by atoms with Gasteiger partial charge in [0, 0.05) is 23.9 Å². The van der Waals surface area contributed by atoms with E-state index in [0.29, 0.717) is 11.6 Å². The van der Waals surface area contributed by atoms with Crippen LogP contribution in [-0.4, -0.2) is 21.8 Å². The van der Waals surface area contributed by atoms with Gasteiger partial charge in [-0.3, -0.25) is 9.59 Å². The summed E-state index contributed by atoms with van der Waals surface area (Å²) in [7, 11) is 0. The summed E-state index contributed by atoms with van der Waals surface area (Å²) in [5.74, 6) is -2.75. The molecule has 1 amide bonds. The Bertz CT molecular complexity index is 1070. The van der Waals surface area contributed by atoms with E-state index in [1.54, 1.807) is 18.2 Å². The van der Waals surface area contributed by atoms with E-state index in [1.165, 1.54) is 12.1 Å². The maximum atomic E-state index is 14.0. The predicted octanol–water partition coefficient (Wildman–Crippen LogP) is 4.04. The van der Waals surface area contributed by atoms with Crippen LogP contribution in [0, 0.1) is 5.82 Å². The monoisotopic (exact) mass is 406 g/mol. The van der Waals surface area contributed by atoms with E-state index in [1.807, 2.05) is 0 Å². The molecule has 1 aromatic heterocycles. The number of alkyl halides is 3. The lowest BCUT2D eigenvalue weighted by Gasteiger charge is -2.08. The molecule has 0 aliphatic heterocycles. The molecule has 5 nitrogen and oxygen atoms in total. The zero-order valence-electron chi connectivity index (χ0n) is 14.7. The molecule has 2 aromatic carbocycles. The number of aromatic nitrogens is 1. The first-order chi connectivity index (χ1) is 13.7. The summed E-state index contributed by atoms with van der Waals surface area (Å²) in [6.07, 6.45) is -3.57. The molecule has 0 radical (unpaired) electrons. The summed E-state index contributed by atoms with van der Waals surface area (Å²) in [4.78, 5) is 27.1. The summed E-state index contributed by atoms with van der Waals surface area (Å²) in [5.41, 5.74) is -1.36. The van der Waals surface area contributed by atoms with Crippen molar-refractivity contribution < 1.29 is 32.3 Å². The number of amides is 1. The van der Waals surface area contributed by atoms with Crippen LogP contribution in [0.15, 0.2) is 54.7 Å². The highest BCUT2D eigenvalue weighted by molar-refractivity contribution is 6.10. The SMILES string of the molecule is O=C(NCc1ccccc1O)c1cc(C(=O)c2ccc(C(F)(F)F)cc2F)c[nH]1. The number of hydrogen-bond acceptors (Lipinski definition) is 3. The highest BCUT2D eigenvalue weighted by Crippen LogP contribution is 2.30. The van der Waals surface area contributed by atoms with E-state index in [0.717, 1.165) is 12.3 Å². The molecule has 3 rings (SSSR count). The summed E-state index contributed by atoms with van der Waals surface area (Å²) >= 11 is 0. The second-order valence-electron chi connectivity index (χ2n) is 6.13. The van der Waals surface area contributed by atoms with Gasteiger partial charge in [-0.25, -0.2) is 4.39 Å². The number of carbonyl (C=O) groups is 2. The van der Waals surface area contributed by atoms with Gasteiger partial charge < -0.3 is 15.4 Å². The number of para-hydroxylation sites is 1. The zero-order chi connectivity index (χ0) is 21.2. The van der Waals surface area contributed by atoms with Gasteiger partial charge in [0.15, 0.2) is 5.78 Å². The third-order valence-electron chi connectivity index (χ3n) is 4.16. The largest absolute Gasteiger partial charge is 0.508 e.